The van der Waals surface area contributed by atoms with Gasteiger partial charge in [-0.05, 0) is 69.1 Å². The Morgan fingerprint density at radius 1 is 1.07 bits per heavy atom. The molecular weight excluding hydrogens is 368 g/mol. The van der Waals surface area contributed by atoms with Gasteiger partial charge in [0.1, 0.15) is 11.5 Å². The average Bonchev–Trinajstić information content (AvgIpc) is 2.83. The van der Waals surface area contributed by atoms with Gasteiger partial charge in [-0.25, -0.2) is 5.06 Å². The van der Waals surface area contributed by atoms with Gasteiger partial charge in [-0.3, -0.25) is 14.4 Å². The number of hydrogen-bond acceptors (Lipinski definition) is 5. The smallest absolute Gasteiger partial charge is 0.262 e. The van der Waals surface area contributed by atoms with Gasteiger partial charge in [-0.1, -0.05) is 24.1 Å². The van der Waals surface area contributed by atoms with E-state index in [0.29, 0.717) is 38.5 Å². The quantitative estimate of drug-likeness (QED) is 0.710. The van der Waals surface area contributed by atoms with Crippen molar-refractivity contribution in [1.82, 2.24) is 10.1 Å². The summed E-state index contributed by atoms with van der Waals surface area (Å²) in [5, 5.41) is 3.33. The fourth-order valence-electron chi connectivity index (χ4n) is 5.22. The molecule has 1 aliphatic carbocycles. The van der Waals surface area contributed by atoms with E-state index < -0.39 is 11.5 Å². The Bertz CT molecular complexity index is 786. The van der Waals surface area contributed by atoms with Crippen LogP contribution in [0.4, 0.5) is 0 Å². The zero-order chi connectivity index (χ0) is 20.8. The molecule has 6 nitrogen and oxygen atoms in total. The Balaban J connectivity index is 1.69. The van der Waals surface area contributed by atoms with Gasteiger partial charge >= 0.3 is 0 Å². The summed E-state index contributed by atoms with van der Waals surface area (Å²) in [6.07, 6.45) is 4.58. The van der Waals surface area contributed by atoms with Crippen molar-refractivity contribution in [2.24, 2.45) is 5.92 Å². The minimum Gasteiger partial charge on any atom is -0.302 e. The maximum atomic E-state index is 13.8. The fraction of sp³-hybridized carbons (Fsp3) is 0.652. The Hall–Kier alpha value is -1.76. The summed E-state index contributed by atoms with van der Waals surface area (Å²) >= 11 is 0. The number of piperidine rings is 1. The Morgan fingerprint density at radius 2 is 1.69 bits per heavy atom. The summed E-state index contributed by atoms with van der Waals surface area (Å²) in [7, 11) is 1.65. The third kappa shape index (κ3) is 3.41. The summed E-state index contributed by atoms with van der Waals surface area (Å²) in [6, 6.07) is 4.11. The van der Waals surface area contributed by atoms with E-state index in [9.17, 15) is 9.59 Å². The second-order valence-corrected chi connectivity index (χ2v) is 8.98. The van der Waals surface area contributed by atoms with E-state index >= 15 is 0 Å². The molecule has 1 spiro atoms. The number of Topliss-reactive ketones (excluding diaryl/α,β-unsaturated/α-hetero) is 1. The van der Waals surface area contributed by atoms with E-state index in [0.717, 1.165) is 35.1 Å². The molecule has 1 unspecified atom stereocenters. The van der Waals surface area contributed by atoms with Crippen LogP contribution in [0.15, 0.2) is 12.1 Å². The SMILES string of the molecule is CON1CCC2(CC1)C(=O)C(c1c(C)cc(C)cc1C)C(=O)N2OCC1CCC1. The number of hydroxylamine groups is 4. The van der Waals surface area contributed by atoms with E-state index in [1.54, 1.807) is 7.11 Å². The van der Waals surface area contributed by atoms with Crippen LogP contribution in [0.25, 0.3) is 0 Å². The second kappa shape index (κ2) is 7.82. The first-order valence-electron chi connectivity index (χ1n) is 10.8. The molecule has 2 saturated heterocycles. The number of ketones is 1. The minimum atomic E-state index is -0.885. The molecule has 29 heavy (non-hydrogen) atoms. The van der Waals surface area contributed by atoms with Gasteiger partial charge < -0.3 is 4.84 Å². The van der Waals surface area contributed by atoms with Gasteiger partial charge in [-0.2, -0.15) is 5.06 Å². The van der Waals surface area contributed by atoms with Crippen molar-refractivity contribution in [1.29, 1.82) is 0 Å². The zero-order valence-electron chi connectivity index (χ0n) is 18.0. The van der Waals surface area contributed by atoms with Crippen LogP contribution in [0.1, 0.15) is 60.3 Å². The second-order valence-electron chi connectivity index (χ2n) is 8.98. The first-order valence-corrected chi connectivity index (χ1v) is 10.8. The van der Waals surface area contributed by atoms with Crippen LogP contribution in [-0.4, -0.2) is 54.2 Å². The van der Waals surface area contributed by atoms with Crippen LogP contribution in [0.2, 0.25) is 0 Å². The molecule has 1 aromatic carbocycles. The van der Waals surface area contributed by atoms with Crippen molar-refractivity contribution in [2.45, 2.75) is 64.3 Å². The number of aryl methyl sites for hydroxylation is 3. The van der Waals surface area contributed by atoms with Crippen molar-refractivity contribution >= 4 is 11.7 Å². The molecule has 6 heteroatoms. The molecule has 3 aliphatic rings. The molecular formula is C23H32N2O4. The van der Waals surface area contributed by atoms with E-state index in [-0.39, 0.29) is 11.7 Å². The van der Waals surface area contributed by atoms with E-state index in [4.69, 9.17) is 9.68 Å². The van der Waals surface area contributed by atoms with Gasteiger partial charge in [-0.15, -0.1) is 0 Å². The van der Waals surface area contributed by atoms with Crippen LogP contribution in [0.3, 0.4) is 0 Å². The molecule has 158 valence electrons. The molecule has 0 aromatic heterocycles. The predicted octanol–water partition coefficient (Wildman–Crippen LogP) is 3.23. The number of rotatable bonds is 5. The molecule has 0 radical (unpaired) electrons. The average molecular weight is 401 g/mol. The lowest BCUT2D eigenvalue weighted by Crippen LogP contribution is -2.56. The third-order valence-electron chi connectivity index (χ3n) is 7.06. The van der Waals surface area contributed by atoms with E-state index in [2.05, 4.69) is 12.1 Å². The van der Waals surface area contributed by atoms with Crippen molar-refractivity contribution in [3.05, 3.63) is 34.4 Å². The molecule has 1 amide bonds. The number of hydrogen-bond donors (Lipinski definition) is 0. The molecule has 4 rings (SSSR count). The van der Waals surface area contributed by atoms with Crippen molar-refractivity contribution < 1.29 is 19.3 Å². The van der Waals surface area contributed by atoms with Crippen LogP contribution in [-0.2, 0) is 19.3 Å². The highest BCUT2D eigenvalue weighted by molar-refractivity contribution is 6.17. The molecule has 0 N–H and O–H groups in total. The summed E-state index contributed by atoms with van der Waals surface area (Å²) in [5.41, 5.74) is 3.11. The summed E-state index contributed by atoms with van der Waals surface area (Å²) < 4.78 is 0. The third-order valence-corrected chi connectivity index (χ3v) is 7.06. The number of carbonyl (C=O) groups excluding carboxylic acids is 2. The van der Waals surface area contributed by atoms with Crippen LogP contribution in [0.5, 0.6) is 0 Å². The van der Waals surface area contributed by atoms with Crippen molar-refractivity contribution in [3.63, 3.8) is 0 Å². The molecule has 0 bridgehead atoms. The Kier molecular flexibility index (Phi) is 5.53. The van der Waals surface area contributed by atoms with E-state index in [1.165, 1.54) is 11.5 Å². The predicted molar refractivity (Wildman–Crippen MR) is 109 cm³/mol. The summed E-state index contributed by atoms with van der Waals surface area (Å²) in [6.45, 7) is 7.77. The summed E-state index contributed by atoms with van der Waals surface area (Å²) in [4.78, 5) is 38.9. The highest BCUT2D eigenvalue weighted by Gasteiger charge is 2.61. The van der Waals surface area contributed by atoms with Crippen molar-refractivity contribution in [2.75, 3.05) is 26.8 Å². The Morgan fingerprint density at radius 3 is 2.21 bits per heavy atom. The minimum absolute atomic E-state index is 0.0121. The molecule has 1 saturated carbocycles. The first-order chi connectivity index (χ1) is 13.9. The molecule has 1 aromatic rings. The van der Waals surface area contributed by atoms with E-state index in [1.807, 2.05) is 25.8 Å². The monoisotopic (exact) mass is 400 g/mol. The number of amides is 1. The first kappa shape index (κ1) is 20.5. The topological polar surface area (TPSA) is 59.1 Å². The molecule has 2 aliphatic heterocycles. The molecule has 3 fully saturated rings. The van der Waals surface area contributed by atoms with Gasteiger partial charge in [0.05, 0.1) is 13.7 Å². The van der Waals surface area contributed by atoms with Crippen LogP contribution >= 0.6 is 0 Å². The van der Waals surface area contributed by atoms with Crippen molar-refractivity contribution in [3.8, 4) is 0 Å². The normalized spacial score (nSPS) is 25.1. The van der Waals surface area contributed by atoms with Crippen LogP contribution in [0, 0.1) is 26.7 Å². The zero-order valence-corrected chi connectivity index (χ0v) is 18.0. The Labute approximate surface area is 173 Å². The van der Waals surface area contributed by atoms with Gasteiger partial charge in [0.25, 0.3) is 5.91 Å². The lowest BCUT2D eigenvalue weighted by Gasteiger charge is -2.42. The lowest BCUT2D eigenvalue weighted by atomic mass is 9.79. The van der Waals surface area contributed by atoms with Gasteiger partial charge in [0.15, 0.2) is 5.78 Å². The lowest BCUT2D eigenvalue weighted by molar-refractivity contribution is -0.236. The maximum Gasteiger partial charge on any atom is 0.262 e. The standard InChI is InChI=1S/C23H32N2O4/c1-15-12-16(2)19(17(3)13-15)20-21(26)23(8-10-24(28-4)11-9-23)25(22(20)27)29-14-18-6-5-7-18/h12-13,18,20H,5-11,14H2,1-4H3. The number of benzene rings is 1. The van der Waals surface area contributed by atoms with Crippen LogP contribution < -0.4 is 0 Å². The fourth-order valence-corrected chi connectivity index (χ4v) is 5.22. The highest BCUT2D eigenvalue weighted by atomic mass is 16.7. The molecule has 2 heterocycles. The largest absolute Gasteiger partial charge is 0.302 e. The van der Waals surface area contributed by atoms with Gasteiger partial charge in [0.2, 0.25) is 0 Å². The maximum absolute atomic E-state index is 13.8. The highest BCUT2D eigenvalue weighted by Crippen LogP contribution is 2.45. The number of carbonyl (C=O) groups is 2. The van der Waals surface area contributed by atoms with Gasteiger partial charge in [0, 0.05) is 13.1 Å². The number of nitrogens with zero attached hydrogens (tertiary/aromatic N) is 2. The summed E-state index contributed by atoms with van der Waals surface area (Å²) in [5.74, 6) is -0.487. The molecule has 1 atom stereocenters.